The van der Waals surface area contributed by atoms with Crippen LogP contribution in [0.5, 0.6) is 0 Å². The van der Waals surface area contributed by atoms with Crippen LogP contribution in [0, 0.1) is 17.8 Å². The molecular formula is C19H28F2N4O3S2. The molecule has 2 heterocycles. The third-order valence-corrected chi connectivity index (χ3v) is 8.32. The molecular weight excluding hydrogens is 434 g/mol. The van der Waals surface area contributed by atoms with Crippen LogP contribution in [-0.2, 0) is 25.6 Å². The van der Waals surface area contributed by atoms with Crippen molar-refractivity contribution in [2.24, 2.45) is 26.7 Å². The molecule has 0 saturated carbocycles. The van der Waals surface area contributed by atoms with Crippen LogP contribution in [0.1, 0.15) is 40.7 Å². The molecule has 11 heteroatoms. The molecule has 0 amide bonds. The molecule has 3 atom stereocenters. The van der Waals surface area contributed by atoms with Gasteiger partial charge in [0.15, 0.2) is 25.9 Å². The van der Waals surface area contributed by atoms with Gasteiger partial charge in [0.1, 0.15) is 0 Å². The fourth-order valence-electron chi connectivity index (χ4n) is 4.14. The summed E-state index contributed by atoms with van der Waals surface area (Å²) in [7, 11) is -5.59. The predicted octanol–water partition coefficient (Wildman–Crippen LogP) is 3.60. The standard InChI is InChI=1S/C19H28F2N4O3S2/c1-11(2)14-7-13-8-28-9-15(13)18(12(3)4)16(14)10-29(26)24-30(22,27)17-5-6-25(23-17)19(20)21/h5-6,11-13,19H,7-10H2,1-4H3,(H2,22,24,27). The van der Waals surface area contributed by atoms with E-state index in [1.165, 1.54) is 11.1 Å². The minimum Gasteiger partial charge on any atom is -0.376 e. The molecule has 168 valence electrons. The maximum atomic E-state index is 12.9. The van der Waals surface area contributed by atoms with Crippen LogP contribution in [0.2, 0.25) is 0 Å². The van der Waals surface area contributed by atoms with E-state index in [4.69, 9.17) is 9.88 Å². The first-order chi connectivity index (χ1) is 14.0. The van der Waals surface area contributed by atoms with Gasteiger partial charge in [-0.05, 0) is 41.0 Å². The van der Waals surface area contributed by atoms with E-state index in [-0.39, 0.29) is 22.6 Å². The van der Waals surface area contributed by atoms with Gasteiger partial charge in [0.05, 0.1) is 19.0 Å². The first kappa shape index (κ1) is 23.2. The van der Waals surface area contributed by atoms with Crippen molar-refractivity contribution in [3.05, 3.63) is 34.6 Å². The Kier molecular flexibility index (Phi) is 6.95. The van der Waals surface area contributed by atoms with Gasteiger partial charge in [-0.15, -0.1) is 3.77 Å². The summed E-state index contributed by atoms with van der Waals surface area (Å²) in [5, 5.41) is 8.93. The van der Waals surface area contributed by atoms with Gasteiger partial charge in [-0.25, -0.2) is 18.2 Å². The minimum atomic E-state index is -3.67. The second-order valence-corrected chi connectivity index (χ2v) is 11.3. The van der Waals surface area contributed by atoms with Crippen LogP contribution in [0.4, 0.5) is 8.78 Å². The molecule has 0 spiro atoms. The maximum absolute atomic E-state index is 12.9. The van der Waals surface area contributed by atoms with Crippen molar-refractivity contribution >= 4 is 20.9 Å². The zero-order valence-corrected chi connectivity index (χ0v) is 19.1. The number of rotatable bonds is 7. The van der Waals surface area contributed by atoms with Gasteiger partial charge in [0.25, 0.3) is 0 Å². The van der Waals surface area contributed by atoms with Crippen molar-refractivity contribution < 1.29 is 21.9 Å². The lowest BCUT2D eigenvalue weighted by molar-refractivity contribution is 0.0554. The number of halogens is 2. The lowest BCUT2D eigenvalue weighted by Crippen LogP contribution is -2.23. The van der Waals surface area contributed by atoms with Crippen LogP contribution < -0.4 is 5.14 Å². The molecule has 1 aliphatic heterocycles. The molecule has 3 unspecified atom stereocenters. The number of allylic oxidation sites excluding steroid dienone is 2. The molecule has 1 aromatic heterocycles. The average Bonchev–Trinajstić information content (AvgIpc) is 3.29. The van der Waals surface area contributed by atoms with Gasteiger partial charge in [0, 0.05) is 12.1 Å². The highest BCUT2D eigenvalue weighted by Gasteiger charge is 2.35. The van der Waals surface area contributed by atoms with Gasteiger partial charge in [0.2, 0.25) is 0 Å². The second-order valence-electron chi connectivity index (χ2n) is 8.19. The Morgan fingerprint density at radius 1 is 1.37 bits per heavy atom. The van der Waals surface area contributed by atoms with Crippen LogP contribution in [0.25, 0.3) is 0 Å². The van der Waals surface area contributed by atoms with Crippen LogP contribution in [0.15, 0.2) is 43.3 Å². The molecule has 7 nitrogen and oxygen atoms in total. The highest BCUT2D eigenvalue weighted by molar-refractivity contribution is 7.99. The second kappa shape index (κ2) is 8.97. The first-order valence-corrected chi connectivity index (χ1v) is 12.7. The third kappa shape index (κ3) is 4.74. The van der Waals surface area contributed by atoms with E-state index in [9.17, 15) is 17.2 Å². The smallest absolute Gasteiger partial charge is 0.333 e. The Morgan fingerprint density at radius 3 is 2.63 bits per heavy atom. The van der Waals surface area contributed by atoms with E-state index >= 15 is 0 Å². The van der Waals surface area contributed by atoms with Gasteiger partial charge in [-0.1, -0.05) is 33.3 Å². The monoisotopic (exact) mass is 462 g/mol. The number of nitrogens with two attached hydrogens (primary N) is 1. The lowest BCUT2D eigenvalue weighted by Gasteiger charge is -2.31. The van der Waals surface area contributed by atoms with E-state index in [0.717, 1.165) is 29.8 Å². The van der Waals surface area contributed by atoms with Gasteiger partial charge < -0.3 is 4.74 Å². The fraction of sp³-hybridized carbons (Fsp3) is 0.632. The van der Waals surface area contributed by atoms with E-state index in [1.807, 2.05) is 0 Å². The molecule has 1 aromatic rings. The molecule has 3 rings (SSSR count). The lowest BCUT2D eigenvalue weighted by atomic mass is 9.74. The Hall–Kier alpha value is -1.43. The quantitative estimate of drug-likeness (QED) is 0.669. The number of aromatic nitrogens is 2. The topological polar surface area (TPSA) is 99.6 Å². The number of ether oxygens (including phenoxy) is 1. The van der Waals surface area contributed by atoms with E-state index in [1.54, 1.807) is 0 Å². The normalized spacial score (nSPS) is 22.8. The predicted molar refractivity (Wildman–Crippen MR) is 112 cm³/mol. The summed E-state index contributed by atoms with van der Waals surface area (Å²) in [5.41, 5.74) is 4.55. The Morgan fingerprint density at radius 2 is 2.07 bits per heavy atom. The molecule has 2 N–H and O–H groups in total. The number of nitrogens with zero attached hydrogens (tertiary/aromatic N) is 3. The summed E-state index contributed by atoms with van der Waals surface area (Å²) in [6.07, 6.45) is 1.81. The summed E-state index contributed by atoms with van der Waals surface area (Å²) < 4.78 is 60.9. The summed E-state index contributed by atoms with van der Waals surface area (Å²) in [5.74, 6) is 0.859. The van der Waals surface area contributed by atoms with Gasteiger partial charge in [-0.2, -0.15) is 13.9 Å². The largest absolute Gasteiger partial charge is 0.376 e. The van der Waals surface area contributed by atoms with Crippen molar-refractivity contribution in [3.63, 3.8) is 0 Å². The molecule has 0 bridgehead atoms. The van der Waals surface area contributed by atoms with E-state index in [0.29, 0.717) is 23.8 Å². The minimum absolute atomic E-state index is 0.0704. The Bertz CT molecular complexity index is 1020. The summed E-state index contributed by atoms with van der Waals surface area (Å²) in [4.78, 5) is 0. The van der Waals surface area contributed by atoms with Crippen molar-refractivity contribution in [1.29, 1.82) is 0 Å². The fourth-order valence-corrected chi connectivity index (χ4v) is 6.69. The zero-order chi connectivity index (χ0) is 22.2. The highest BCUT2D eigenvalue weighted by Crippen LogP contribution is 2.43. The molecule has 0 aromatic carbocycles. The molecule has 30 heavy (non-hydrogen) atoms. The van der Waals surface area contributed by atoms with Crippen molar-refractivity contribution in [3.8, 4) is 0 Å². The molecule has 1 saturated heterocycles. The average molecular weight is 463 g/mol. The summed E-state index contributed by atoms with van der Waals surface area (Å²) in [6.45, 7) is 6.73. The van der Waals surface area contributed by atoms with Crippen LogP contribution in [0.3, 0.4) is 0 Å². The number of alkyl halides is 2. The summed E-state index contributed by atoms with van der Waals surface area (Å²) in [6, 6.07) is 1.11. The molecule has 0 radical (unpaired) electrons. The highest BCUT2D eigenvalue weighted by atomic mass is 32.3. The third-order valence-electron chi connectivity index (χ3n) is 5.41. The molecule has 1 fully saturated rings. The van der Waals surface area contributed by atoms with E-state index < -0.39 is 27.5 Å². The number of hydrogen-bond donors (Lipinski definition) is 1. The van der Waals surface area contributed by atoms with E-state index in [2.05, 4.69) is 36.6 Å². The van der Waals surface area contributed by atoms with Crippen LogP contribution in [-0.4, -0.2) is 37.2 Å². The maximum Gasteiger partial charge on any atom is 0.333 e. The number of fused-ring (bicyclic) bond motifs is 1. The van der Waals surface area contributed by atoms with Gasteiger partial charge >= 0.3 is 6.55 Å². The summed E-state index contributed by atoms with van der Waals surface area (Å²) >= 11 is 0. The van der Waals surface area contributed by atoms with Crippen molar-refractivity contribution in [2.75, 3.05) is 19.0 Å². The molecule has 1 aliphatic carbocycles. The SMILES string of the molecule is CC(C)C1=C(CS(=O)N=S(N)(=O)c2ccn(C(F)F)n2)C(C(C)C)=C2COCC2C1. The Balaban J connectivity index is 1.96. The number of hydrogen-bond acceptors (Lipinski definition) is 4. The first-order valence-electron chi connectivity index (χ1n) is 9.81. The zero-order valence-electron chi connectivity index (χ0n) is 17.5. The van der Waals surface area contributed by atoms with Crippen molar-refractivity contribution in [1.82, 2.24) is 9.78 Å². The molecule has 2 aliphatic rings. The van der Waals surface area contributed by atoms with Crippen molar-refractivity contribution in [2.45, 2.75) is 45.7 Å². The van der Waals surface area contributed by atoms with Crippen LogP contribution >= 0.6 is 0 Å². The Labute approximate surface area is 178 Å². The van der Waals surface area contributed by atoms with Gasteiger partial charge in [-0.3, -0.25) is 0 Å².